The van der Waals surface area contributed by atoms with E-state index in [4.69, 9.17) is 0 Å². The lowest BCUT2D eigenvalue weighted by Crippen LogP contribution is -2.22. The first-order valence-corrected chi connectivity index (χ1v) is 10.0. The summed E-state index contributed by atoms with van der Waals surface area (Å²) in [6, 6.07) is 18.1. The SMILES string of the molecule is CCc1cc2cccc(C#CC3CCCCC3)c2c(=O)n1-c1ccccc1. The molecule has 0 bridgehead atoms. The molecule has 136 valence electrons. The Morgan fingerprint density at radius 1 is 1.00 bits per heavy atom. The fraction of sp³-hybridized carbons (Fsp3) is 0.320. The third-order valence-electron chi connectivity index (χ3n) is 5.52. The van der Waals surface area contributed by atoms with Crippen molar-refractivity contribution >= 4 is 10.8 Å². The Bertz CT molecular complexity index is 1060. The van der Waals surface area contributed by atoms with Gasteiger partial charge in [0.1, 0.15) is 0 Å². The van der Waals surface area contributed by atoms with Crippen LogP contribution in [-0.4, -0.2) is 4.57 Å². The molecule has 0 radical (unpaired) electrons. The van der Waals surface area contributed by atoms with Gasteiger partial charge in [-0.25, -0.2) is 0 Å². The van der Waals surface area contributed by atoms with Crippen molar-refractivity contribution in [3.8, 4) is 17.5 Å². The Hall–Kier alpha value is -2.79. The lowest BCUT2D eigenvalue weighted by molar-refractivity contribution is 0.430. The molecule has 0 atom stereocenters. The molecule has 3 aromatic rings. The highest BCUT2D eigenvalue weighted by molar-refractivity contribution is 5.88. The van der Waals surface area contributed by atoms with Gasteiger partial charge in [0.05, 0.1) is 5.39 Å². The number of pyridine rings is 1. The van der Waals surface area contributed by atoms with Crippen molar-refractivity contribution in [3.05, 3.63) is 76.2 Å². The maximum absolute atomic E-state index is 13.5. The third-order valence-corrected chi connectivity index (χ3v) is 5.52. The number of rotatable bonds is 2. The highest BCUT2D eigenvalue weighted by Crippen LogP contribution is 2.24. The molecule has 1 heterocycles. The van der Waals surface area contributed by atoms with Gasteiger partial charge in [-0.2, -0.15) is 0 Å². The molecule has 27 heavy (non-hydrogen) atoms. The lowest BCUT2D eigenvalue weighted by Gasteiger charge is -2.16. The second-order valence-electron chi connectivity index (χ2n) is 7.34. The minimum absolute atomic E-state index is 0.0316. The van der Waals surface area contributed by atoms with E-state index in [1.165, 1.54) is 32.1 Å². The zero-order valence-corrected chi connectivity index (χ0v) is 15.9. The maximum Gasteiger partial charge on any atom is 0.264 e. The molecule has 0 unspecified atom stereocenters. The Kier molecular flexibility index (Phi) is 5.12. The van der Waals surface area contributed by atoms with E-state index in [-0.39, 0.29) is 5.56 Å². The minimum Gasteiger partial charge on any atom is -0.281 e. The van der Waals surface area contributed by atoms with E-state index >= 15 is 0 Å². The second-order valence-corrected chi connectivity index (χ2v) is 7.34. The molecule has 1 aromatic heterocycles. The van der Waals surface area contributed by atoms with Crippen LogP contribution >= 0.6 is 0 Å². The van der Waals surface area contributed by atoms with Gasteiger partial charge < -0.3 is 0 Å². The van der Waals surface area contributed by atoms with Crippen molar-refractivity contribution in [1.82, 2.24) is 4.57 Å². The lowest BCUT2D eigenvalue weighted by atomic mass is 9.89. The molecule has 1 saturated carbocycles. The largest absolute Gasteiger partial charge is 0.281 e. The van der Waals surface area contributed by atoms with Gasteiger partial charge in [0, 0.05) is 22.9 Å². The van der Waals surface area contributed by atoms with E-state index in [0.717, 1.165) is 34.1 Å². The van der Waals surface area contributed by atoms with E-state index in [1.807, 2.05) is 53.1 Å². The molecule has 0 spiro atoms. The van der Waals surface area contributed by atoms with Gasteiger partial charge >= 0.3 is 0 Å². The molecular weight excluding hydrogens is 330 g/mol. The molecule has 2 aromatic carbocycles. The number of fused-ring (bicyclic) bond motifs is 1. The third kappa shape index (κ3) is 3.55. The van der Waals surface area contributed by atoms with Gasteiger partial charge in [0.2, 0.25) is 0 Å². The zero-order valence-electron chi connectivity index (χ0n) is 15.9. The molecule has 0 saturated heterocycles. The second kappa shape index (κ2) is 7.84. The van der Waals surface area contributed by atoms with Gasteiger partial charge in [-0.15, -0.1) is 0 Å². The normalized spacial score (nSPS) is 14.7. The summed E-state index contributed by atoms with van der Waals surface area (Å²) in [4.78, 5) is 13.5. The van der Waals surface area contributed by atoms with Gasteiger partial charge in [-0.05, 0) is 48.9 Å². The average Bonchev–Trinajstić information content (AvgIpc) is 2.73. The molecular formula is C25H25NO. The highest BCUT2D eigenvalue weighted by Gasteiger charge is 2.13. The van der Waals surface area contributed by atoms with E-state index in [2.05, 4.69) is 24.8 Å². The number of hydrogen-bond donors (Lipinski definition) is 0. The Morgan fingerprint density at radius 3 is 2.52 bits per heavy atom. The van der Waals surface area contributed by atoms with Crippen LogP contribution in [0.3, 0.4) is 0 Å². The summed E-state index contributed by atoms with van der Waals surface area (Å²) in [7, 11) is 0. The van der Waals surface area contributed by atoms with Crippen LogP contribution in [0.1, 0.15) is 50.3 Å². The van der Waals surface area contributed by atoms with Crippen LogP contribution in [0.2, 0.25) is 0 Å². The molecule has 2 heteroatoms. The van der Waals surface area contributed by atoms with E-state index in [9.17, 15) is 4.79 Å². The predicted molar refractivity (Wildman–Crippen MR) is 112 cm³/mol. The van der Waals surface area contributed by atoms with Gasteiger partial charge in [-0.1, -0.05) is 68.4 Å². The fourth-order valence-electron chi connectivity index (χ4n) is 4.07. The summed E-state index contributed by atoms with van der Waals surface area (Å²) in [5.41, 5.74) is 2.83. The number of aromatic nitrogens is 1. The van der Waals surface area contributed by atoms with Gasteiger partial charge in [0.15, 0.2) is 0 Å². The van der Waals surface area contributed by atoms with E-state index in [0.29, 0.717) is 5.92 Å². The van der Waals surface area contributed by atoms with Crippen LogP contribution in [-0.2, 0) is 6.42 Å². The number of aryl methyl sites for hydroxylation is 1. The summed E-state index contributed by atoms with van der Waals surface area (Å²) in [5, 5.41) is 1.72. The Labute approximate surface area is 160 Å². The summed E-state index contributed by atoms with van der Waals surface area (Å²) >= 11 is 0. The van der Waals surface area contributed by atoms with Crippen molar-refractivity contribution in [3.63, 3.8) is 0 Å². The van der Waals surface area contributed by atoms with Crippen LogP contribution in [0, 0.1) is 17.8 Å². The summed E-state index contributed by atoms with van der Waals surface area (Å²) in [6.07, 6.45) is 7.05. The zero-order chi connectivity index (χ0) is 18.6. The molecule has 1 aliphatic rings. The average molecular weight is 355 g/mol. The monoisotopic (exact) mass is 355 g/mol. The number of hydrogen-bond acceptors (Lipinski definition) is 1. The smallest absolute Gasteiger partial charge is 0.264 e. The maximum atomic E-state index is 13.5. The first-order chi connectivity index (χ1) is 13.3. The molecule has 4 rings (SSSR count). The predicted octanol–water partition coefficient (Wildman–Crippen LogP) is 5.48. The van der Waals surface area contributed by atoms with Crippen LogP contribution in [0.25, 0.3) is 16.5 Å². The van der Waals surface area contributed by atoms with Crippen molar-refractivity contribution in [2.75, 3.05) is 0 Å². The molecule has 2 nitrogen and oxygen atoms in total. The molecule has 1 aliphatic carbocycles. The molecule has 1 fully saturated rings. The van der Waals surface area contributed by atoms with Crippen molar-refractivity contribution in [2.24, 2.45) is 5.92 Å². The van der Waals surface area contributed by atoms with Crippen molar-refractivity contribution in [2.45, 2.75) is 45.4 Å². The van der Waals surface area contributed by atoms with Gasteiger partial charge in [-0.3, -0.25) is 9.36 Å². The summed E-state index contributed by atoms with van der Waals surface area (Å²) in [6.45, 7) is 2.09. The van der Waals surface area contributed by atoms with Crippen LogP contribution in [0.4, 0.5) is 0 Å². The molecule has 0 amide bonds. The minimum atomic E-state index is 0.0316. The Balaban J connectivity index is 1.89. The number of benzene rings is 2. The summed E-state index contributed by atoms with van der Waals surface area (Å²) < 4.78 is 1.84. The quantitative estimate of drug-likeness (QED) is 0.558. The van der Waals surface area contributed by atoms with Gasteiger partial charge in [0.25, 0.3) is 5.56 Å². The van der Waals surface area contributed by atoms with Crippen molar-refractivity contribution < 1.29 is 0 Å². The molecule has 0 N–H and O–H groups in total. The van der Waals surface area contributed by atoms with E-state index < -0.39 is 0 Å². The van der Waals surface area contributed by atoms with Crippen LogP contribution in [0.15, 0.2) is 59.4 Å². The van der Waals surface area contributed by atoms with Crippen LogP contribution < -0.4 is 5.56 Å². The molecule has 0 aliphatic heterocycles. The number of nitrogens with zero attached hydrogens (tertiary/aromatic N) is 1. The Morgan fingerprint density at radius 2 is 1.78 bits per heavy atom. The first kappa shape index (κ1) is 17.6. The highest BCUT2D eigenvalue weighted by atomic mass is 16.1. The van der Waals surface area contributed by atoms with Crippen LogP contribution in [0.5, 0.6) is 0 Å². The summed E-state index contributed by atoms with van der Waals surface area (Å²) in [5.74, 6) is 7.27. The number of para-hydroxylation sites is 1. The topological polar surface area (TPSA) is 22.0 Å². The standard InChI is InChI=1S/C25H25NO/c1-2-22-18-21-13-9-12-20(17-16-19-10-5-3-6-11-19)24(21)25(27)26(22)23-14-7-4-8-15-23/h4,7-9,12-15,18-19H,2-3,5-6,10-11H2,1H3. The van der Waals surface area contributed by atoms with E-state index in [1.54, 1.807) is 0 Å². The first-order valence-electron chi connectivity index (χ1n) is 10.0. The fourth-order valence-corrected chi connectivity index (χ4v) is 4.07. The van der Waals surface area contributed by atoms with Crippen molar-refractivity contribution in [1.29, 1.82) is 0 Å².